The maximum Gasteiger partial charge on any atom is 0.125 e. The molecule has 0 saturated heterocycles. The summed E-state index contributed by atoms with van der Waals surface area (Å²) in [6.45, 7) is 2.04. The Morgan fingerprint density at radius 2 is 2.21 bits per heavy atom. The lowest BCUT2D eigenvalue weighted by Gasteiger charge is -2.13. The van der Waals surface area contributed by atoms with Gasteiger partial charge in [0.1, 0.15) is 11.6 Å². The average molecular weight is 264 g/mol. The molecule has 1 atom stereocenters. The lowest BCUT2D eigenvalue weighted by Crippen LogP contribution is -2.08. The fraction of sp³-hybridized carbons (Fsp3) is 0.357. The summed E-state index contributed by atoms with van der Waals surface area (Å²) in [6.07, 6.45) is 1.67. The van der Waals surface area contributed by atoms with Gasteiger partial charge in [0.15, 0.2) is 0 Å². The van der Waals surface area contributed by atoms with Crippen LogP contribution < -0.4 is 4.74 Å². The Morgan fingerprint density at radius 1 is 1.42 bits per heavy atom. The maximum atomic E-state index is 13.1. The van der Waals surface area contributed by atoms with Gasteiger partial charge in [0.05, 0.1) is 12.7 Å². The number of benzene rings is 1. The first-order chi connectivity index (χ1) is 9.08. The summed E-state index contributed by atoms with van der Waals surface area (Å²) < 4.78 is 20.5. The maximum absolute atomic E-state index is 13.1. The Kier molecular flexibility index (Phi) is 4.16. The summed E-state index contributed by atoms with van der Waals surface area (Å²) in [5, 5.41) is 13.7. The number of ether oxygens (including phenoxy) is 1. The number of hydrogen-bond acceptors (Lipinski definition) is 3. The zero-order valence-corrected chi connectivity index (χ0v) is 11.0. The van der Waals surface area contributed by atoms with E-state index in [9.17, 15) is 9.50 Å². The molecule has 0 fully saturated rings. The molecule has 0 amide bonds. The second kappa shape index (κ2) is 5.84. The first-order valence-corrected chi connectivity index (χ1v) is 6.15. The van der Waals surface area contributed by atoms with Crippen molar-refractivity contribution in [1.82, 2.24) is 9.78 Å². The quantitative estimate of drug-likeness (QED) is 0.901. The third-order valence-corrected chi connectivity index (χ3v) is 2.96. The topological polar surface area (TPSA) is 47.3 Å². The highest BCUT2D eigenvalue weighted by Crippen LogP contribution is 2.26. The average Bonchev–Trinajstić information content (AvgIpc) is 2.77. The molecule has 19 heavy (non-hydrogen) atoms. The molecule has 4 nitrogen and oxygen atoms in total. The fourth-order valence-electron chi connectivity index (χ4n) is 1.89. The summed E-state index contributed by atoms with van der Waals surface area (Å²) in [5.41, 5.74) is 1.52. The van der Waals surface area contributed by atoms with Crippen LogP contribution in [-0.4, -0.2) is 21.5 Å². The van der Waals surface area contributed by atoms with Gasteiger partial charge in [-0.25, -0.2) is 4.39 Å². The van der Waals surface area contributed by atoms with E-state index < -0.39 is 6.10 Å². The van der Waals surface area contributed by atoms with Crippen molar-refractivity contribution in [2.75, 3.05) is 6.61 Å². The Morgan fingerprint density at radius 3 is 2.84 bits per heavy atom. The van der Waals surface area contributed by atoms with Gasteiger partial charge in [-0.15, -0.1) is 0 Å². The molecule has 1 aromatic carbocycles. The predicted octanol–water partition coefficient (Wildman–Crippen LogP) is 2.23. The second-order valence-electron chi connectivity index (χ2n) is 4.40. The molecular weight excluding hydrogens is 247 g/mol. The number of aliphatic hydroxyl groups excluding tert-OH is 1. The highest BCUT2D eigenvalue weighted by Gasteiger charge is 2.10. The van der Waals surface area contributed by atoms with E-state index in [2.05, 4.69) is 5.10 Å². The zero-order chi connectivity index (χ0) is 13.8. The van der Waals surface area contributed by atoms with Gasteiger partial charge in [-0.05, 0) is 31.2 Å². The molecule has 0 spiro atoms. The van der Waals surface area contributed by atoms with Crippen LogP contribution >= 0.6 is 0 Å². The van der Waals surface area contributed by atoms with Gasteiger partial charge >= 0.3 is 0 Å². The van der Waals surface area contributed by atoms with E-state index in [1.807, 2.05) is 13.1 Å². The van der Waals surface area contributed by atoms with Crippen LogP contribution in [0.3, 0.4) is 0 Å². The van der Waals surface area contributed by atoms with Gasteiger partial charge in [-0.1, -0.05) is 0 Å². The zero-order valence-electron chi connectivity index (χ0n) is 11.0. The molecule has 0 aliphatic carbocycles. The van der Waals surface area contributed by atoms with Gasteiger partial charge in [-0.2, -0.15) is 5.10 Å². The van der Waals surface area contributed by atoms with Crippen molar-refractivity contribution in [3.05, 3.63) is 47.5 Å². The van der Waals surface area contributed by atoms with Crippen LogP contribution in [-0.2, 0) is 13.5 Å². The Bertz CT molecular complexity index is 552. The molecule has 0 saturated carbocycles. The van der Waals surface area contributed by atoms with E-state index in [0.717, 1.165) is 5.69 Å². The second-order valence-corrected chi connectivity index (χ2v) is 4.40. The monoisotopic (exact) mass is 264 g/mol. The van der Waals surface area contributed by atoms with E-state index in [4.69, 9.17) is 4.74 Å². The smallest absolute Gasteiger partial charge is 0.125 e. The van der Waals surface area contributed by atoms with Crippen molar-refractivity contribution in [2.45, 2.75) is 19.4 Å². The Hall–Kier alpha value is -1.88. The number of halogens is 1. The molecule has 1 N–H and O–H groups in total. The first kappa shape index (κ1) is 13.5. The van der Waals surface area contributed by atoms with E-state index >= 15 is 0 Å². The van der Waals surface area contributed by atoms with Crippen LogP contribution in [0.15, 0.2) is 30.5 Å². The van der Waals surface area contributed by atoms with E-state index in [1.54, 1.807) is 23.9 Å². The third-order valence-electron chi connectivity index (χ3n) is 2.96. The highest BCUT2D eigenvalue weighted by molar-refractivity contribution is 5.35. The number of aliphatic hydroxyl groups is 1. The minimum atomic E-state index is -0.762. The van der Waals surface area contributed by atoms with E-state index in [-0.39, 0.29) is 5.82 Å². The van der Waals surface area contributed by atoms with Crippen LogP contribution in [0.5, 0.6) is 5.75 Å². The van der Waals surface area contributed by atoms with Crippen molar-refractivity contribution in [3.63, 3.8) is 0 Å². The van der Waals surface area contributed by atoms with Crippen LogP contribution in [0.4, 0.5) is 4.39 Å². The SMILES string of the molecule is CC(O)c1cc(F)ccc1OCCc1ccnn1C. The summed E-state index contributed by atoms with van der Waals surface area (Å²) in [6, 6.07) is 6.08. The van der Waals surface area contributed by atoms with Crippen molar-refractivity contribution in [1.29, 1.82) is 0 Å². The molecule has 0 aliphatic rings. The summed E-state index contributed by atoms with van der Waals surface area (Å²) in [5.74, 6) is 0.133. The van der Waals surface area contributed by atoms with Crippen molar-refractivity contribution >= 4 is 0 Å². The number of nitrogens with zero attached hydrogens (tertiary/aromatic N) is 2. The molecule has 2 rings (SSSR count). The van der Waals surface area contributed by atoms with Crippen molar-refractivity contribution < 1.29 is 14.2 Å². The minimum absolute atomic E-state index is 0.380. The molecule has 102 valence electrons. The molecule has 0 bridgehead atoms. The Balaban J connectivity index is 2.01. The van der Waals surface area contributed by atoms with Crippen LogP contribution in [0.25, 0.3) is 0 Å². The van der Waals surface area contributed by atoms with Crippen molar-refractivity contribution in [2.24, 2.45) is 7.05 Å². The molecule has 2 aromatic rings. The normalized spacial score (nSPS) is 12.4. The van der Waals surface area contributed by atoms with E-state index in [0.29, 0.717) is 24.3 Å². The molecule has 1 aromatic heterocycles. The summed E-state index contributed by atoms with van der Waals surface area (Å²) >= 11 is 0. The summed E-state index contributed by atoms with van der Waals surface area (Å²) in [4.78, 5) is 0. The predicted molar refractivity (Wildman–Crippen MR) is 69.4 cm³/mol. The van der Waals surface area contributed by atoms with Gasteiger partial charge in [0.2, 0.25) is 0 Å². The largest absolute Gasteiger partial charge is 0.493 e. The van der Waals surface area contributed by atoms with Crippen LogP contribution in [0.2, 0.25) is 0 Å². The number of aromatic nitrogens is 2. The number of aryl methyl sites for hydroxylation is 1. The fourth-order valence-corrected chi connectivity index (χ4v) is 1.89. The van der Waals surface area contributed by atoms with Gasteiger partial charge in [0.25, 0.3) is 0 Å². The lowest BCUT2D eigenvalue weighted by molar-refractivity contribution is 0.190. The standard InChI is InChI=1S/C14H17FN2O2/c1-10(18)13-9-11(15)3-4-14(13)19-8-6-12-5-7-16-17(12)2/h3-5,7,9-10,18H,6,8H2,1-2H3. The van der Waals surface area contributed by atoms with Gasteiger partial charge in [0, 0.05) is 30.9 Å². The molecule has 0 aliphatic heterocycles. The number of rotatable bonds is 5. The molecule has 0 radical (unpaired) electrons. The summed E-state index contributed by atoms with van der Waals surface area (Å²) in [7, 11) is 1.87. The molecule has 1 heterocycles. The highest BCUT2D eigenvalue weighted by atomic mass is 19.1. The molecule has 5 heteroatoms. The Labute approximate surface area is 111 Å². The van der Waals surface area contributed by atoms with Gasteiger partial charge < -0.3 is 9.84 Å². The molecular formula is C14H17FN2O2. The van der Waals surface area contributed by atoms with Crippen LogP contribution in [0.1, 0.15) is 24.3 Å². The van der Waals surface area contributed by atoms with Gasteiger partial charge in [-0.3, -0.25) is 4.68 Å². The third kappa shape index (κ3) is 3.32. The lowest BCUT2D eigenvalue weighted by atomic mass is 10.1. The molecule has 1 unspecified atom stereocenters. The van der Waals surface area contributed by atoms with E-state index in [1.165, 1.54) is 12.1 Å². The minimum Gasteiger partial charge on any atom is -0.493 e. The van der Waals surface area contributed by atoms with Crippen LogP contribution in [0, 0.1) is 5.82 Å². The van der Waals surface area contributed by atoms with Crippen molar-refractivity contribution in [3.8, 4) is 5.75 Å². The number of hydrogen-bond donors (Lipinski definition) is 1. The first-order valence-electron chi connectivity index (χ1n) is 6.15.